The molecule has 0 aliphatic carbocycles. The van der Waals surface area contributed by atoms with E-state index in [1.54, 1.807) is 20.3 Å². The normalized spacial score (nSPS) is 21.6. The van der Waals surface area contributed by atoms with Crippen molar-refractivity contribution in [2.24, 2.45) is 0 Å². The maximum atomic E-state index is 11.8. The van der Waals surface area contributed by atoms with Gasteiger partial charge in [0.05, 0.1) is 12.7 Å². The van der Waals surface area contributed by atoms with Crippen molar-refractivity contribution in [2.45, 2.75) is 19.1 Å². The molecule has 0 bridgehead atoms. The summed E-state index contributed by atoms with van der Waals surface area (Å²) in [6, 6.07) is 3.73. The summed E-state index contributed by atoms with van der Waals surface area (Å²) in [5, 5.41) is 0. The summed E-state index contributed by atoms with van der Waals surface area (Å²) < 4.78 is 15.7. The summed E-state index contributed by atoms with van der Waals surface area (Å²) in [5.74, 6) is -0.428. The van der Waals surface area contributed by atoms with Gasteiger partial charge in [-0.3, -0.25) is 0 Å². The van der Waals surface area contributed by atoms with E-state index in [2.05, 4.69) is 4.90 Å². The Labute approximate surface area is 124 Å². The van der Waals surface area contributed by atoms with Crippen LogP contribution in [0.2, 0.25) is 0 Å². The molecule has 1 aliphatic rings. The first-order chi connectivity index (χ1) is 10.0. The van der Waals surface area contributed by atoms with Gasteiger partial charge in [0.2, 0.25) is 0 Å². The molecule has 0 aromatic heterocycles. The summed E-state index contributed by atoms with van der Waals surface area (Å²) in [6.45, 7) is 3.29. The standard InChI is InChI=1S/C15H22N2O4/c1-9-5-10(6-11(14(9)16)15(18)21-4)17-7-12(19-2)13(8-17)20-3/h5-6,12-13H,7-8,16H2,1-4H3. The number of nitrogen functional groups attached to an aromatic ring is 1. The molecular formula is C15H22N2O4. The number of methoxy groups -OCH3 is 3. The Morgan fingerprint density at radius 3 is 2.24 bits per heavy atom. The maximum absolute atomic E-state index is 11.8. The molecule has 2 rings (SSSR count). The van der Waals surface area contributed by atoms with Gasteiger partial charge in [-0.2, -0.15) is 0 Å². The minimum absolute atomic E-state index is 0.00874. The first-order valence-electron chi connectivity index (χ1n) is 6.80. The quantitative estimate of drug-likeness (QED) is 0.665. The van der Waals surface area contributed by atoms with E-state index in [0.717, 1.165) is 11.3 Å². The summed E-state index contributed by atoms with van der Waals surface area (Å²) in [7, 11) is 4.70. The fourth-order valence-corrected chi connectivity index (χ4v) is 2.65. The van der Waals surface area contributed by atoms with E-state index >= 15 is 0 Å². The smallest absolute Gasteiger partial charge is 0.340 e. The second kappa shape index (κ2) is 6.32. The first kappa shape index (κ1) is 15.6. The molecule has 0 radical (unpaired) electrons. The highest BCUT2D eigenvalue weighted by Gasteiger charge is 2.33. The van der Waals surface area contributed by atoms with Gasteiger partial charge in [-0.25, -0.2) is 4.79 Å². The lowest BCUT2D eigenvalue weighted by atomic mass is 10.1. The maximum Gasteiger partial charge on any atom is 0.340 e. The number of ether oxygens (including phenoxy) is 3. The molecule has 2 unspecified atom stereocenters. The lowest BCUT2D eigenvalue weighted by Gasteiger charge is -2.20. The number of hydrogen-bond donors (Lipinski definition) is 1. The van der Waals surface area contributed by atoms with Crippen LogP contribution in [-0.4, -0.2) is 52.6 Å². The van der Waals surface area contributed by atoms with E-state index < -0.39 is 5.97 Å². The number of carbonyl (C=O) groups excluding carboxylic acids is 1. The average molecular weight is 294 g/mol. The molecule has 1 heterocycles. The monoisotopic (exact) mass is 294 g/mol. The number of benzene rings is 1. The number of rotatable bonds is 4. The SMILES string of the molecule is COC(=O)c1cc(N2CC(OC)C(OC)C2)cc(C)c1N. The van der Waals surface area contributed by atoms with Crippen LogP contribution in [0, 0.1) is 6.92 Å². The van der Waals surface area contributed by atoms with Crippen molar-refractivity contribution in [3.63, 3.8) is 0 Å². The van der Waals surface area contributed by atoms with Gasteiger partial charge in [-0.15, -0.1) is 0 Å². The Hall–Kier alpha value is -1.79. The summed E-state index contributed by atoms with van der Waals surface area (Å²) >= 11 is 0. The van der Waals surface area contributed by atoms with Crippen LogP contribution in [0.15, 0.2) is 12.1 Å². The number of hydrogen-bond acceptors (Lipinski definition) is 6. The van der Waals surface area contributed by atoms with Crippen LogP contribution in [0.1, 0.15) is 15.9 Å². The van der Waals surface area contributed by atoms with Crippen molar-refractivity contribution in [1.82, 2.24) is 0 Å². The predicted octanol–water partition coefficient (Wildman–Crippen LogP) is 1.21. The molecule has 1 aliphatic heterocycles. The number of esters is 1. The zero-order valence-electron chi connectivity index (χ0n) is 12.9. The number of nitrogens with zero attached hydrogens (tertiary/aromatic N) is 1. The fourth-order valence-electron chi connectivity index (χ4n) is 2.65. The molecule has 1 aromatic carbocycles. The molecule has 116 valence electrons. The lowest BCUT2D eigenvalue weighted by molar-refractivity contribution is -0.00461. The molecule has 1 saturated heterocycles. The number of anilines is 2. The van der Waals surface area contributed by atoms with Gasteiger partial charge < -0.3 is 24.8 Å². The summed E-state index contributed by atoms with van der Waals surface area (Å²) in [6.07, 6.45) is 0.0175. The van der Waals surface area contributed by atoms with Gasteiger partial charge in [0.15, 0.2) is 0 Å². The van der Waals surface area contributed by atoms with Gasteiger partial charge in [-0.05, 0) is 24.6 Å². The Kier molecular flexibility index (Phi) is 4.69. The minimum atomic E-state index is -0.428. The Balaban J connectivity index is 2.33. The molecule has 1 fully saturated rings. The number of nitrogens with two attached hydrogens (primary N) is 1. The summed E-state index contributed by atoms with van der Waals surface area (Å²) in [5.41, 5.74) is 8.58. The molecular weight excluding hydrogens is 272 g/mol. The minimum Gasteiger partial charge on any atom is -0.465 e. The van der Waals surface area contributed by atoms with Crippen LogP contribution in [0.4, 0.5) is 11.4 Å². The highest BCUT2D eigenvalue weighted by atomic mass is 16.5. The molecule has 1 aromatic rings. The highest BCUT2D eigenvalue weighted by Crippen LogP contribution is 2.29. The van der Waals surface area contributed by atoms with Crippen molar-refractivity contribution in [2.75, 3.05) is 45.1 Å². The van der Waals surface area contributed by atoms with Gasteiger partial charge >= 0.3 is 5.97 Å². The first-order valence-corrected chi connectivity index (χ1v) is 6.80. The van der Waals surface area contributed by atoms with Gasteiger partial charge in [-0.1, -0.05) is 0 Å². The Bertz CT molecular complexity index is 521. The molecule has 0 saturated carbocycles. The van der Waals surface area contributed by atoms with Crippen LogP contribution in [0.3, 0.4) is 0 Å². The highest BCUT2D eigenvalue weighted by molar-refractivity contribution is 5.97. The zero-order chi connectivity index (χ0) is 15.6. The fraction of sp³-hybridized carbons (Fsp3) is 0.533. The predicted molar refractivity (Wildman–Crippen MR) is 80.7 cm³/mol. The molecule has 2 atom stereocenters. The third-order valence-corrected chi connectivity index (χ3v) is 3.96. The molecule has 0 spiro atoms. The van der Waals surface area contributed by atoms with Crippen molar-refractivity contribution in [3.05, 3.63) is 23.3 Å². The Morgan fingerprint density at radius 1 is 1.19 bits per heavy atom. The van der Waals surface area contributed by atoms with Crippen molar-refractivity contribution < 1.29 is 19.0 Å². The molecule has 0 amide bonds. The van der Waals surface area contributed by atoms with Crippen molar-refractivity contribution in [1.29, 1.82) is 0 Å². The second-order valence-corrected chi connectivity index (χ2v) is 5.17. The Morgan fingerprint density at radius 2 is 1.76 bits per heavy atom. The molecule has 6 heteroatoms. The zero-order valence-corrected chi connectivity index (χ0v) is 12.9. The third-order valence-electron chi connectivity index (χ3n) is 3.96. The number of carbonyl (C=O) groups is 1. The van der Waals surface area contributed by atoms with E-state index in [4.69, 9.17) is 19.9 Å². The van der Waals surface area contributed by atoms with Gasteiger partial charge in [0.25, 0.3) is 0 Å². The van der Waals surface area contributed by atoms with E-state index in [1.165, 1.54) is 7.11 Å². The lowest BCUT2D eigenvalue weighted by Crippen LogP contribution is -2.27. The molecule has 21 heavy (non-hydrogen) atoms. The van der Waals surface area contributed by atoms with E-state index in [9.17, 15) is 4.79 Å². The van der Waals surface area contributed by atoms with Crippen molar-refractivity contribution >= 4 is 17.3 Å². The van der Waals surface area contributed by atoms with E-state index in [1.807, 2.05) is 13.0 Å². The van der Waals surface area contributed by atoms with Crippen LogP contribution in [0.5, 0.6) is 0 Å². The summed E-state index contributed by atoms with van der Waals surface area (Å²) in [4.78, 5) is 14.0. The van der Waals surface area contributed by atoms with E-state index in [0.29, 0.717) is 24.3 Å². The number of aryl methyl sites for hydroxylation is 1. The van der Waals surface area contributed by atoms with Gasteiger partial charge in [0.1, 0.15) is 12.2 Å². The van der Waals surface area contributed by atoms with E-state index in [-0.39, 0.29) is 12.2 Å². The largest absolute Gasteiger partial charge is 0.465 e. The van der Waals surface area contributed by atoms with Gasteiger partial charge in [0, 0.05) is 38.7 Å². The van der Waals surface area contributed by atoms with Crippen LogP contribution >= 0.6 is 0 Å². The topological polar surface area (TPSA) is 74.0 Å². The van der Waals surface area contributed by atoms with Crippen molar-refractivity contribution in [3.8, 4) is 0 Å². The van der Waals surface area contributed by atoms with Crippen LogP contribution < -0.4 is 10.6 Å². The molecule has 2 N–H and O–H groups in total. The van der Waals surface area contributed by atoms with Crippen LogP contribution in [0.25, 0.3) is 0 Å². The molecule has 6 nitrogen and oxygen atoms in total. The second-order valence-electron chi connectivity index (χ2n) is 5.17. The average Bonchev–Trinajstić information content (AvgIpc) is 2.92. The third kappa shape index (κ3) is 2.96. The van der Waals surface area contributed by atoms with Crippen LogP contribution in [-0.2, 0) is 14.2 Å².